The molecule has 3 N–H and O–H groups in total. The highest BCUT2D eigenvalue weighted by Gasteiger charge is 2.23. The van der Waals surface area contributed by atoms with Gasteiger partial charge in [-0.15, -0.1) is 22.7 Å². The standard InChI is InChI=1S/C14H15Br2N3S3/c1-7(9-3-5-11(15)21-9)13(18-19-14(17)20)8(2)10-4-6-12(16)22-10/h3-8H,1-2H3,(H3,17,19,20). The van der Waals surface area contributed by atoms with E-state index < -0.39 is 0 Å². The molecule has 22 heavy (non-hydrogen) atoms. The maximum absolute atomic E-state index is 5.53. The minimum Gasteiger partial charge on any atom is -0.375 e. The van der Waals surface area contributed by atoms with Crippen molar-refractivity contribution in [3.05, 3.63) is 41.6 Å². The van der Waals surface area contributed by atoms with Gasteiger partial charge in [-0.1, -0.05) is 13.8 Å². The molecule has 0 saturated heterocycles. The predicted octanol–water partition coefficient (Wildman–Crippen LogP) is 5.43. The number of thiocarbonyl (C=S) groups is 1. The van der Waals surface area contributed by atoms with Gasteiger partial charge >= 0.3 is 0 Å². The average molecular weight is 481 g/mol. The molecule has 0 fully saturated rings. The maximum atomic E-state index is 5.53. The van der Waals surface area contributed by atoms with E-state index in [-0.39, 0.29) is 16.9 Å². The summed E-state index contributed by atoms with van der Waals surface area (Å²) < 4.78 is 2.23. The average Bonchev–Trinajstić information content (AvgIpc) is 3.07. The van der Waals surface area contributed by atoms with Crippen LogP contribution in [-0.2, 0) is 0 Å². The molecule has 2 aromatic heterocycles. The number of rotatable bonds is 5. The lowest BCUT2D eigenvalue weighted by Crippen LogP contribution is -2.28. The summed E-state index contributed by atoms with van der Waals surface area (Å²) in [4.78, 5) is 2.50. The molecule has 0 aliphatic heterocycles. The van der Waals surface area contributed by atoms with Crippen LogP contribution < -0.4 is 11.2 Å². The third-order valence-corrected chi connectivity index (χ3v) is 6.93. The topological polar surface area (TPSA) is 50.4 Å². The lowest BCUT2D eigenvalue weighted by Gasteiger charge is -2.19. The number of hydrazone groups is 1. The molecule has 0 saturated carbocycles. The fourth-order valence-corrected chi connectivity index (χ4v) is 5.12. The molecule has 0 spiro atoms. The van der Waals surface area contributed by atoms with Gasteiger partial charge in [0.15, 0.2) is 5.11 Å². The zero-order valence-corrected chi connectivity index (χ0v) is 17.6. The van der Waals surface area contributed by atoms with Gasteiger partial charge in [0.05, 0.1) is 13.3 Å². The van der Waals surface area contributed by atoms with E-state index in [2.05, 4.69) is 80.5 Å². The monoisotopic (exact) mass is 479 g/mol. The molecule has 0 aromatic carbocycles. The number of nitrogens with zero attached hydrogens (tertiary/aromatic N) is 1. The molecule has 3 nitrogen and oxygen atoms in total. The first-order valence-corrected chi connectivity index (χ1v) is 10.1. The molecule has 2 unspecified atom stereocenters. The molecule has 0 radical (unpaired) electrons. The second-order valence-electron chi connectivity index (χ2n) is 4.74. The third kappa shape index (κ3) is 4.61. The summed E-state index contributed by atoms with van der Waals surface area (Å²) in [5.41, 5.74) is 9.28. The Kier molecular flexibility index (Phi) is 6.58. The molecule has 2 heterocycles. The summed E-state index contributed by atoms with van der Waals surface area (Å²) in [6.45, 7) is 4.30. The van der Waals surface area contributed by atoms with Gasteiger partial charge in [-0.25, -0.2) is 0 Å². The SMILES string of the molecule is CC(C(=NNC(N)=S)C(C)c1ccc(Br)s1)c1ccc(Br)s1. The van der Waals surface area contributed by atoms with E-state index in [0.29, 0.717) is 0 Å². The number of halogens is 2. The summed E-state index contributed by atoms with van der Waals surface area (Å²) in [7, 11) is 0. The Bertz CT molecular complexity index is 645. The van der Waals surface area contributed by atoms with Crippen molar-refractivity contribution in [2.45, 2.75) is 25.7 Å². The summed E-state index contributed by atoms with van der Waals surface area (Å²) in [6, 6.07) is 8.35. The van der Waals surface area contributed by atoms with Gasteiger partial charge in [0.25, 0.3) is 0 Å². The Morgan fingerprint density at radius 2 is 1.55 bits per heavy atom. The molecule has 0 aliphatic carbocycles. The van der Waals surface area contributed by atoms with E-state index in [1.807, 2.05) is 0 Å². The van der Waals surface area contributed by atoms with Crippen LogP contribution in [-0.4, -0.2) is 10.8 Å². The molecule has 2 rings (SSSR count). The molecule has 0 bridgehead atoms. The Hall–Kier alpha value is -0.280. The summed E-state index contributed by atoms with van der Waals surface area (Å²) in [5.74, 6) is 0.350. The zero-order chi connectivity index (χ0) is 16.3. The summed E-state index contributed by atoms with van der Waals surface area (Å²) >= 11 is 15.3. The minimum atomic E-state index is 0.175. The van der Waals surface area contributed by atoms with Crippen LogP contribution in [0.25, 0.3) is 0 Å². The molecular formula is C14H15Br2N3S3. The van der Waals surface area contributed by atoms with Crippen molar-refractivity contribution in [3.63, 3.8) is 0 Å². The van der Waals surface area contributed by atoms with Crippen molar-refractivity contribution < 1.29 is 0 Å². The maximum Gasteiger partial charge on any atom is 0.184 e. The van der Waals surface area contributed by atoms with Crippen molar-refractivity contribution >= 4 is 77.6 Å². The first-order chi connectivity index (χ1) is 10.4. The Morgan fingerprint density at radius 1 is 1.09 bits per heavy atom. The van der Waals surface area contributed by atoms with E-state index in [4.69, 9.17) is 18.0 Å². The van der Waals surface area contributed by atoms with Crippen LogP contribution in [0.1, 0.15) is 35.4 Å². The van der Waals surface area contributed by atoms with E-state index >= 15 is 0 Å². The third-order valence-electron chi connectivity index (χ3n) is 3.22. The lowest BCUT2D eigenvalue weighted by atomic mass is 9.92. The second-order valence-corrected chi connectivity index (χ2v) is 10.2. The van der Waals surface area contributed by atoms with Crippen LogP contribution in [0.5, 0.6) is 0 Å². The van der Waals surface area contributed by atoms with Crippen LogP contribution in [0.15, 0.2) is 36.9 Å². The van der Waals surface area contributed by atoms with Gasteiger partial charge < -0.3 is 5.73 Å². The largest absolute Gasteiger partial charge is 0.375 e. The van der Waals surface area contributed by atoms with Crippen LogP contribution in [0.2, 0.25) is 0 Å². The highest BCUT2D eigenvalue weighted by Crippen LogP contribution is 2.36. The van der Waals surface area contributed by atoms with Gasteiger partial charge in [0.2, 0.25) is 0 Å². The van der Waals surface area contributed by atoms with Crippen LogP contribution in [0.3, 0.4) is 0 Å². The lowest BCUT2D eigenvalue weighted by molar-refractivity contribution is 0.885. The van der Waals surface area contributed by atoms with Crippen molar-refractivity contribution in [2.75, 3.05) is 0 Å². The van der Waals surface area contributed by atoms with Crippen molar-refractivity contribution in [1.29, 1.82) is 0 Å². The van der Waals surface area contributed by atoms with Gasteiger partial charge in [-0.05, 0) is 68.3 Å². The Labute approximate surface area is 160 Å². The molecule has 2 aromatic rings. The van der Waals surface area contributed by atoms with Gasteiger partial charge in [-0.3, -0.25) is 5.43 Å². The number of nitrogens with one attached hydrogen (secondary N) is 1. The van der Waals surface area contributed by atoms with Crippen LogP contribution >= 0.6 is 66.8 Å². The normalized spacial score (nSPS) is 13.5. The van der Waals surface area contributed by atoms with Gasteiger partial charge in [0.1, 0.15) is 0 Å². The number of hydrogen-bond donors (Lipinski definition) is 2. The molecule has 0 amide bonds. The quantitative estimate of drug-likeness (QED) is 0.340. The molecular weight excluding hydrogens is 466 g/mol. The highest BCUT2D eigenvalue weighted by atomic mass is 79.9. The van der Waals surface area contributed by atoms with E-state index in [1.165, 1.54) is 9.75 Å². The van der Waals surface area contributed by atoms with Crippen molar-refractivity contribution in [2.24, 2.45) is 10.8 Å². The van der Waals surface area contributed by atoms with Crippen molar-refractivity contribution in [1.82, 2.24) is 5.43 Å². The molecule has 8 heteroatoms. The van der Waals surface area contributed by atoms with Crippen LogP contribution in [0, 0.1) is 0 Å². The van der Waals surface area contributed by atoms with E-state index in [0.717, 1.165) is 13.3 Å². The fraction of sp³-hybridized carbons (Fsp3) is 0.286. The highest BCUT2D eigenvalue weighted by molar-refractivity contribution is 9.11. The fourth-order valence-electron chi connectivity index (χ4n) is 2.10. The Morgan fingerprint density at radius 3 is 1.86 bits per heavy atom. The number of thiophene rings is 2. The molecule has 0 aliphatic rings. The molecule has 118 valence electrons. The Balaban J connectivity index is 2.33. The number of hydrogen-bond acceptors (Lipinski definition) is 4. The first kappa shape index (κ1) is 18.1. The molecule has 2 atom stereocenters. The van der Waals surface area contributed by atoms with Gasteiger partial charge in [0, 0.05) is 21.6 Å². The smallest absolute Gasteiger partial charge is 0.184 e. The van der Waals surface area contributed by atoms with E-state index in [1.54, 1.807) is 22.7 Å². The van der Waals surface area contributed by atoms with Gasteiger partial charge in [-0.2, -0.15) is 5.10 Å². The summed E-state index contributed by atoms with van der Waals surface area (Å²) in [6.07, 6.45) is 0. The van der Waals surface area contributed by atoms with Crippen LogP contribution in [0.4, 0.5) is 0 Å². The zero-order valence-electron chi connectivity index (χ0n) is 12.0. The minimum absolute atomic E-state index is 0.175. The number of nitrogens with two attached hydrogens (primary N) is 1. The van der Waals surface area contributed by atoms with Crippen molar-refractivity contribution in [3.8, 4) is 0 Å². The summed E-state index contributed by atoms with van der Waals surface area (Å²) in [5, 5.41) is 4.65. The first-order valence-electron chi connectivity index (χ1n) is 6.52. The predicted molar refractivity (Wildman–Crippen MR) is 108 cm³/mol. The second kappa shape index (κ2) is 8.01. The van der Waals surface area contributed by atoms with E-state index in [9.17, 15) is 0 Å².